The highest BCUT2D eigenvalue weighted by Gasteiger charge is 2.28. The zero-order chi connectivity index (χ0) is 13.8. The van der Waals surface area contributed by atoms with Gasteiger partial charge in [0.2, 0.25) is 0 Å². The SMILES string of the molecule is CC(C)C1CCCCC1N[C@H](C)c1ccccc1Cl. The van der Waals surface area contributed by atoms with Crippen LogP contribution in [0.5, 0.6) is 0 Å². The number of rotatable bonds is 4. The first kappa shape index (κ1) is 14.9. The number of halogens is 1. The van der Waals surface area contributed by atoms with Crippen molar-refractivity contribution in [3.63, 3.8) is 0 Å². The number of hydrogen-bond acceptors (Lipinski definition) is 1. The third-order valence-corrected chi connectivity index (χ3v) is 4.86. The van der Waals surface area contributed by atoms with E-state index in [1.54, 1.807) is 0 Å². The molecule has 1 aromatic rings. The number of nitrogens with one attached hydrogen (secondary N) is 1. The molecule has 0 aromatic heterocycles. The average Bonchev–Trinajstić information content (AvgIpc) is 2.39. The van der Waals surface area contributed by atoms with Crippen LogP contribution in [-0.2, 0) is 0 Å². The molecule has 1 aliphatic rings. The lowest BCUT2D eigenvalue weighted by Crippen LogP contribution is -2.42. The molecule has 2 heteroatoms. The molecule has 0 aliphatic heterocycles. The van der Waals surface area contributed by atoms with Crippen molar-refractivity contribution < 1.29 is 0 Å². The van der Waals surface area contributed by atoms with E-state index in [2.05, 4.69) is 38.2 Å². The molecule has 0 heterocycles. The summed E-state index contributed by atoms with van der Waals surface area (Å²) in [6.45, 7) is 6.93. The molecule has 0 spiro atoms. The van der Waals surface area contributed by atoms with Crippen LogP contribution >= 0.6 is 11.6 Å². The third-order valence-electron chi connectivity index (χ3n) is 4.51. The predicted molar refractivity (Wildman–Crippen MR) is 83.6 cm³/mol. The summed E-state index contributed by atoms with van der Waals surface area (Å²) in [7, 11) is 0. The van der Waals surface area contributed by atoms with Crippen LogP contribution in [0, 0.1) is 11.8 Å². The zero-order valence-corrected chi connectivity index (χ0v) is 13.1. The van der Waals surface area contributed by atoms with E-state index < -0.39 is 0 Å². The molecule has 2 unspecified atom stereocenters. The topological polar surface area (TPSA) is 12.0 Å². The van der Waals surface area contributed by atoms with Crippen molar-refractivity contribution >= 4 is 11.6 Å². The van der Waals surface area contributed by atoms with E-state index in [0.29, 0.717) is 12.1 Å². The maximum Gasteiger partial charge on any atom is 0.0453 e. The van der Waals surface area contributed by atoms with Crippen LogP contribution in [0.15, 0.2) is 24.3 Å². The lowest BCUT2D eigenvalue weighted by atomic mass is 9.77. The quantitative estimate of drug-likeness (QED) is 0.798. The van der Waals surface area contributed by atoms with Gasteiger partial charge < -0.3 is 5.32 Å². The summed E-state index contributed by atoms with van der Waals surface area (Å²) in [6.07, 6.45) is 5.42. The summed E-state index contributed by atoms with van der Waals surface area (Å²) in [4.78, 5) is 0. The van der Waals surface area contributed by atoms with E-state index in [1.165, 1.54) is 31.2 Å². The molecule has 0 bridgehead atoms. The Kier molecular flexibility index (Phi) is 5.29. The highest BCUT2D eigenvalue weighted by atomic mass is 35.5. The third kappa shape index (κ3) is 3.73. The van der Waals surface area contributed by atoms with E-state index in [9.17, 15) is 0 Å². The van der Waals surface area contributed by atoms with Gasteiger partial charge in [-0.15, -0.1) is 0 Å². The van der Waals surface area contributed by atoms with Gasteiger partial charge in [-0.3, -0.25) is 0 Å². The van der Waals surface area contributed by atoms with Crippen molar-refractivity contribution in [1.82, 2.24) is 5.32 Å². The van der Waals surface area contributed by atoms with Crippen LogP contribution in [0.3, 0.4) is 0 Å². The van der Waals surface area contributed by atoms with Gasteiger partial charge in [0.05, 0.1) is 0 Å². The number of hydrogen-bond donors (Lipinski definition) is 1. The molecule has 3 atom stereocenters. The van der Waals surface area contributed by atoms with Gasteiger partial charge >= 0.3 is 0 Å². The Balaban J connectivity index is 2.05. The standard InChI is InChI=1S/C17H26ClN/c1-12(2)14-8-5-7-11-17(14)19-13(3)15-9-4-6-10-16(15)18/h4,6,9-10,12-14,17,19H,5,7-8,11H2,1-3H3/t13-,14?,17?/m1/s1. The summed E-state index contributed by atoms with van der Waals surface area (Å²) in [5.74, 6) is 1.56. The van der Waals surface area contributed by atoms with Crippen molar-refractivity contribution in [2.75, 3.05) is 0 Å². The Bertz CT molecular complexity index is 402. The molecule has 1 nitrogen and oxygen atoms in total. The summed E-state index contributed by atoms with van der Waals surface area (Å²) in [6, 6.07) is 9.15. The van der Waals surface area contributed by atoms with Crippen molar-refractivity contribution in [3.05, 3.63) is 34.9 Å². The molecule has 1 saturated carbocycles. The molecule has 106 valence electrons. The van der Waals surface area contributed by atoms with Gasteiger partial charge in [-0.25, -0.2) is 0 Å². The molecule has 1 fully saturated rings. The second-order valence-electron chi connectivity index (χ2n) is 6.21. The molecule has 19 heavy (non-hydrogen) atoms. The van der Waals surface area contributed by atoms with Crippen LogP contribution in [0.4, 0.5) is 0 Å². The molecule has 1 N–H and O–H groups in total. The smallest absolute Gasteiger partial charge is 0.0453 e. The Morgan fingerprint density at radius 1 is 1.11 bits per heavy atom. The van der Waals surface area contributed by atoms with Crippen LogP contribution in [-0.4, -0.2) is 6.04 Å². The summed E-state index contributed by atoms with van der Waals surface area (Å²) in [5, 5.41) is 4.70. The van der Waals surface area contributed by atoms with E-state index in [1.807, 2.05) is 12.1 Å². The maximum atomic E-state index is 6.30. The minimum atomic E-state index is 0.332. The van der Waals surface area contributed by atoms with E-state index in [0.717, 1.165) is 16.9 Å². The Labute approximate surface area is 122 Å². The molecule has 1 aromatic carbocycles. The maximum absolute atomic E-state index is 6.30. The van der Waals surface area contributed by atoms with Crippen LogP contribution in [0.2, 0.25) is 5.02 Å². The second kappa shape index (κ2) is 6.76. The van der Waals surface area contributed by atoms with Gasteiger partial charge in [-0.2, -0.15) is 0 Å². The highest BCUT2D eigenvalue weighted by molar-refractivity contribution is 6.31. The lowest BCUT2D eigenvalue weighted by Gasteiger charge is -2.37. The first-order valence-electron chi connectivity index (χ1n) is 7.60. The van der Waals surface area contributed by atoms with Gasteiger partial charge in [0, 0.05) is 17.1 Å². The Hall–Kier alpha value is -0.530. The van der Waals surface area contributed by atoms with E-state index in [4.69, 9.17) is 11.6 Å². The number of benzene rings is 1. The predicted octanol–water partition coefficient (Wildman–Crippen LogP) is 5.21. The molecular weight excluding hydrogens is 254 g/mol. The minimum absolute atomic E-state index is 0.332. The fourth-order valence-electron chi connectivity index (χ4n) is 3.40. The van der Waals surface area contributed by atoms with Gasteiger partial charge in [-0.1, -0.05) is 56.5 Å². The fraction of sp³-hybridized carbons (Fsp3) is 0.647. The first-order chi connectivity index (χ1) is 9.09. The van der Waals surface area contributed by atoms with Crippen molar-refractivity contribution in [3.8, 4) is 0 Å². The van der Waals surface area contributed by atoms with E-state index >= 15 is 0 Å². The molecule has 2 rings (SSSR count). The molecule has 0 radical (unpaired) electrons. The summed E-state index contributed by atoms with van der Waals surface area (Å²) in [5.41, 5.74) is 1.22. The zero-order valence-electron chi connectivity index (χ0n) is 12.3. The first-order valence-corrected chi connectivity index (χ1v) is 7.98. The molecule has 0 amide bonds. The van der Waals surface area contributed by atoms with Crippen molar-refractivity contribution in [1.29, 1.82) is 0 Å². The van der Waals surface area contributed by atoms with Crippen LogP contribution in [0.1, 0.15) is 58.1 Å². The highest BCUT2D eigenvalue weighted by Crippen LogP contribution is 2.32. The fourth-order valence-corrected chi connectivity index (χ4v) is 3.70. The summed E-state index contributed by atoms with van der Waals surface area (Å²) < 4.78 is 0. The Morgan fingerprint density at radius 2 is 1.79 bits per heavy atom. The Morgan fingerprint density at radius 3 is 2.47 bits per heavy atom. The lowest BCUT2D eigenvalue weighted by molar-refractivity contribution is 0.195. The molecule has 0 saturated heterocycles. The van der Waals surface area contributed by atoms with Crippen molar-refractivity contribution in [2.45, 2.75) is 58.5 Å². The van der Waals surface area contributed by atoms with Crippen LogP contribution in [0.25, 0.3) is 0 Å². The van der Waals surface area contributed by atoms with Crippen LogP contribution < -0.4 is 5.32 Å². The van der Waals surface area contributed by atoms with Crippen molar-refractivity contribution in [2.24, 2.45) is 11.8 Å². The monoisotopic (exact) mass is 279 g/mol. The van der Waals surface area contributed by atoms with Gasteiger partial charge in [0.25, 0.3) is 0 Å². The van der Waals surface area contributed by atoms with Gasteiger partial charge in [-0.05, 0) is 43.2 Å². The van der Waals surface area contributed by atoms with Gasteiger partial charge in [0.15, 0.2) is 0 Å². The second-order valence-corrected chi connectivity index (χ2v) is 6.62. The van der Waals surface area contributed by atoms with Gasteiger partial charge in [0.1, 0.15) is 0 Å². The summed E-state index contributed by atoms with van der Waals surface area (Å²) >= 11 is 6.30. The molecule has 1 aliphatic carbocycles. The minimum Gasteiger partial charge on any atom is -0.307 e. The molecular formula is C17H26ClN. The largest absolute Gasteiger partial charge is 0.307 e. The van der Waals surface area contributed by atoms with E-state index in [-0.39, 0.29) is 0 Å². The normalized spacial score (nSPS) is 25.5. The average molecular weight is 280 g/mol.